The van der Waals surface area contributed by atoms with E-state index in [4.69, 9.17) is 4.74 Å². The second-order valence-corrected chi connectivity index (χ2v) is 5.31. The van der Waals surface area contributed by atoms with E-state index < -0.39 is 11.9 Å². The number of carbonyl (C=O) groups is 2. The lowest BCUT2D eigenvalue weighted by atomic mass is 10.0. The normalized spacial score (nSPS) is 10.1. The van der Waals surface area contributed by atoms with Crippen molar-refractivity contribution in [1.29, 1.82) is 0 Å². The molecule has 1 atom stereocenters. The molecule has 1 heterocycles. The molecule has 0 aliphatic heterocycles. The number of rotatable bonds is 4. The third-order valence-corrected chi connectivity index (χ3v) is 3.50. The van der Waals surface area contributed by atoms with Gasteiger partial charge in [-0.3, -0.25) is 0 Å². The van der Waals surface area contributed by atoms with E-state index in [1.54, 1.807) is 12.3 Å². The van der Waals surface area contributed by atoms with Crippen LogP contribution in [0.15, 0.2) is 36.5 Å². The van der Waals surface area contributed by atoms with Crippen LogP contribution in [0.4, 0.5) is 0 Å². The minimum absolute atomic E-state index is 0.0431. The minimum Gasteiger partial charge on any atom is -0.465 e. The van der Waals surface area contributed by atoms with Gasteiger partial charge in [-0.05, 0) is 28.9 Å². The Balaban J connectivity index is 2.35. The summed E-state index contributed by atoms with van der Waals surface area (Å²) in [6, 6.07) is 9.57. The van der Waals surface area contributed by atoms with Crippen molar-refractivity contribution < 1.29 is 19.1 Å². The summed E-state index contributed by atoms with van der Waals surface area (Å²) in [5.41, 5.74) is 1.95. The Morgan fingerprint density at radius 2 is 1.68 bits per heavy atom. The zero-order valence-corrected chi connectivity index (χ0v) is 13.5. The van der Waals surface area contributed by atoms with Crippen LogP contribution in [0.3, 0.4) is 0 Å². The molecule has 0 saturated heterocycles. The molecule has 0 bridgehead atoms. The lowest BCUT2D eigenvalue weighted by molar-refractivity contribution is 0.0549. The van der Waals surface area contributed by atoms with Crippen LogP contribution in [-0.4, -0.2) is 31.1 Å². The van der Waals surface area contributed by atoms with E-state index in [1.165, 1.54) is 14.2 Å². The molecule has 0 radical (unpaired) electrons. The van der Waals surface area contributed by atoms with Crippen LogP contribution in [0.1, 0.15) is 32.0 Å². The highest BCUT2D eigenvalue weighted by Gasteiger charge is 2.20. The van der Waals surface area contributed by atoms with Gasteiger partial charge in [0.25, 0.3) is 0 Å². The van der Waals surface area contributed by atoms with Gasteiger partial charge < -0.3 is 9.47 Å². The molecule has 114 valence electrons. The molecule has 0 spiro atoms. The van der Waals surface area contributed by atoms with Gasteiger partial charge in [-0.25, -0.2) is 14.6 Å². The SMILES string of the molecule is COC(=O)c1cc(Cc2ccc(P)cc2)cnc1C(=O)OC. The Kier molecular flexibility index (Phi) is 5.23. The van der Waals surface area contributed by atoms with E-state index in [0.29, 0.717) is 6.42 Å². The molecule has 2 aromatic rings. The molecule has 0 N–H and O–H groups in total. The summed E-state index contributed by atoms with van der Waals surface area (Å²) in [7, 11) is 5.12. The lowest BCUT2D eigenvalue weighted by Gasteiger charge is -2.08. The highest BCUT2D eigenvalue weighted by Crippen LogP contribution is 2.15. The van der Waals surface area contributed by atoms with Crippen LogP contribution in [-0.2, 0) is 15.9 Å². The van der Waals surface area contributed by atoms with E-state index in [1.807, 2.05) is 24.3 Å². The Morgan fingerprint density at radius 1 is 1.05 bits per heavy atom. The second-order valence-electron chi connectivity index (χ2n) is 4.64. The van der Waals surface area contributed by atoms with Crippen molar-refractivity contribution >= 4 is 26.5 Å². The van der Waals surface area contributed by atoms with Gasteiger partial charge in [0.15, 0.2) is 5.69 Å². The molecule has 6 heteroatoms. The second kappa shape index (κ2) is 7.14. The maximum absolute atomic E-state index is 11.8. The average Bonchev–Trinajstić information content (AvgIpc) is 2.55. The smallest absolute Gasteiger partial charge is 0.357 e. The predicted molar refractivity (Wildman–Crippen MR) is 85.5 cm³/mol. The van der Waals surface area contributed by atoms with Gasteiger partial charge in [0.05, 0.1) is 19.8 Å². The van der Waals surface area contributed by atoms with E-state index >= 15 is 0 Å². The van der Waals surface area contributed by atoms with Gasteiger partial charge in [0, 0.05) is 6.20 Å². The maximum atomic E-state index is 11.8. The number of benzene rings is 1. The van der Waals surface area contributed by atoms with Gasteiger partial charge >= 0.3 is 11.9 Å². The summed E-state index contributed by atoms with van der Waals surface area (Å²) in [5.74, 6) is -1.28. The van der Waals surface area contributed by atoms with Crippen molar-refractivity contribution in [1.82, 2.24) is 4.98 Å². The van der Waals surface area contributed by atoms with E-state index in [0.717, 1.165) is 16.4 Å². The number of ether oxygens (including phenoxy) is 2. The van der Waals surface area contributed by atoms with Gasteiger partial charge in [0.2, 0.25) is 0 Å². The number of hydrogen-bond donors (Lipinski definition) is 0. The van der Waals surface area contributed by atoms with Crippen LogP contribution < -0.4 is 5.30 Å². The number of pyridine rings is 1. The van der Waals surface area contributed by atoms with Crippen molar-refractivity contribution in [2.24, 2.45) is 0 Å². The van der Waals surface area contributed by atoms with Gasteiger partial charge in [-0.15, -0.1) is 9.24 Å². The van der Waals surface area contributed by atoms with E-state index in [-0.39, 0.29) is 11.3 Å². The molecular formula is C16H16NO4P. The number of hydrogen-bond acceptors (Lipinski definition) is 5. The number of carbonyl (C=O) groups excluding carboxylic acids is 2. The highest BCUT2D eigenvalue weighted by molar-refractivity contribution is 7.27. The molecule has 0 saturated carbocycles. The van der Waals surface area contributed by atoms with Gasteiger partial charge in [-0.2, -0.15) is 0 Å². The predicted octanol–water partition coefficient (Wildman–Crippen LogP) is 1.75. The minimum atomic E-state index is -0.667. The first-order valence-corrected chi connectivity index (χ1v) is 7.13. The highest BCUT2D eigenvalue weighted by atomic mass is 31.0. The Morgan fingerprint density at radius 3 is 2.27 bits per heavy atom. The summed E-state index contributed by atoms with van der Waals surface area (Å²) in [6.45, 7) is 0. The zero-order valence-electron chi connectivity index (χ0n) is 12.3. The molecule has 22 heavy (non-hydrogen) atoms. The lowest BCUT2D eigenvalue weighted by Crippen LogP contribution is -2.14. The summed E-state index contributed by atoms with van der Waals surface area (Å²) in [6.07, 6.45) is 2.16. The maximum Gasteiger partial charge on any atom is 0.357 e. The quantitative estimate of drug-likeness (QED) is 0.635. The van der Waals surface area contributed by atoms with Crippen molar-refractivity contribution in [3.05, 3.63) is 58.9 Å². The average molecular weight is 317 g/mol. The third-order valence-electron chi connectivity index (χ3n) is 3.12. The summed E-state index contributed by atoms with van der Waals surface area (Å²) in [5, 5.41) is 1.10. The molecule has 0 aliphatic rings. The fourth-order valence-electron chi connectivity index (χ4n) is 2.00. The number of aromatic nitrogens is 1. The number of esters is 2. The van der Waals surface area contributed by atoms with Gasteiger partial charge in [0.1, 0.15) is 0 Å². The van der Waals surface area contributed by atoms with Crippen LogP contribution in [0.25, 0.3) is 0 Å². The summed E-state index contributed by atoms with van der Waals surface area (Å²) < 4.78 is 9.33. The molecule has 1 unspecified atom stereocenters. The number of nitrogens with zero attached hydrogens (tertiary/aromatic N) is 1. The third kappa shape index (κ3) is 3.68. The van der Waals surface area contributed by atoms with Gasteiger partial charge in [-0.1, -0.05) is 24.3 Å². The zero-order chi connectivity index (χ0) is 16.1. The Bertz CT molecular complexity index is 698. The Hall–Kier alpha value is -2.26. The van der Waals surface area contributed by atoms with Crippen molar-refractivity contribution in [3.63, 3.8) is 0 Å². The van der Waals surface area contributed by atoms with E-state index in [9.17, 15) is 9.59 Å². The molecular weight excluding hydrogens is 301 g/mol. The molecule has 0 amide bonds. The van der Waals surface area contributed by atoms with Crippen molar-refractivity contribution in [3.8, 4) is 0 Å². The standard InChI is InChI=1S/C16H16NO4P/c1-20-15(18)13-8-11(9-17-14(13)16(19)21-2)7-10-3-5-12(22)6-4-10/h3-6,8-9H,7,22H2,1-2H3. The van der Waals surface area contributed by atoms with E-state index in [2.05, 4.69) is 19.0 Å². The molecule has 2 rings (SSSR count). The summed E-state index contributed by atoms with van der Waals surface area (Å²) >= 11 is 0. The first-order chi connectivity index (χ1) is 10.5. The molecule has 1 aromatic heterocycles. The fraction of sp³-hybridized carbons (Fsp3) is 0.188. The molecule has 0 fully saturated rings. The topological polar surface area (TPSA) is 65.5 Å². The number of methoxy groups -OCH3 is 2. The largest absolute Gasteiger partial charge is 0.465 e. The monoisotopic (exact) mass is 317 g/mol. The van der Waals surface area contributed by atoms with Crippen LogP contribution in [0, 0.1) is 0 Å². The van der Waals surface area contributed by atoms with Crippen molar-refractivity contribution in [2.45, 2.75) is 6.42 Å². The van der Waals surface area contributed by atoms with Crippen LogP contribution >= 0.6 is 9.24 Å². The van der Waals surface area contributed by atoms with Crippen LogP contribution in [0.2, 0.25) is 0 Å². The summed E-state index contributed by atoms with van der Waals surface area (Å²) in [4.78, 5) is 27.6. The van der Waals surface area contributed by atoms with Crippen LogP contribution in [0.5, 0.6) is 0 Å². The molecule has 5 nitrogen and oxygen atoms in total. The first-order valence-electron chi connectivity index (χ1n) is 6.55. The van der Waals surface area contributed by atoms with Crippen molar-refractivity contribution in [2.75, 3.05) is 14.2 Å². The molecule has 0 aliphatic carbocycles. The molecule has 1 aromatic carbocycles. The fourth-order valence-corrected chi connectivity index (χ4v) is 2.19. The first kappa shape index (κ1) is 16.1. The Labute approximate surface area is 130 Å².